The Morgan fingerprint density at radius 2 is 1.47 bits per heavy atom. The summed E-state index contributed by atoms with van der Waals surface area (Å²) in [4.78, 5) is 56.4. The van der Waals surface area contributed by atoms with Gasteiger partial charge < -0.3 is 20.5 Å². The first-order valence-electron chi connectivity index (χ1n) is 12.8. The number of fused-ring (bicyclic) bond motifs is 1. The fraction of sp³-hybridized carbons (Fsp3) is 0.241. The number of nitrogens with one attached hydrogen (secondary N) is 3. The van der Waals surface area contributed by atoms with Crippen LogP contribution in [0.4, 0.5) is 11.4 Å². The third-order valence-corrected chi connectivity index (χ3v) is 6.70. The number of likely N-dealkylation sites (tertiary alicyclic amines) is 1. The molecule has 1 aliphatic rings. The Kier molecular flexibility index (Phi) is 7.46. The lowest BCUT2D eigenvalue weighted by Gasteiger charge is -2.14. The van der Waals surface area contributed by atoms with Crippen molar-refractivity contribution in [2.75, 3.05) is 30.3 Å². The number of aromatic amines is 1. The molecule has 9 nitrogen and oxygen atoms in total. The van der Waals surface area contributed by atoms with Crippen molar-refractivity contribution in [3.63, 3.8) is 0 Å². The molecular formula is C29H29N5O4. The topological polar surface area (TPSA) is 116 Å². The van der Waals surface area contributed by atoms with Gasteiger partial charge in [0.25, 0.3) is 11.5 Å². The number of H-pyrrole nitrogens is 1. The van der Waals surface area contributed by atoms with E-state index in [0.717, 1.165) is 30.6 Å². The summed E-state index contributed by atoms with van der Waals surface area (Å²) in [5.74, 6) is -0.514. The molecule has 1 saturated heterocycles. The molecular weight excluding hydrogens is 482 g/mol. The van der Waals surface area contributed by atoms with E-state index < -0.39 is 17.2 Å². The lowest BCUT2D eigenvalue weighted by Crippen LogP contribution is -2.35. The van der Waals surface area contributed by atoms with Crippen LogP contribution in [0.15, 0.2) is 82.4 Å². The lowest BCUT2D eigenvalue weighted by atomic mass is 10.1. The van der Waals surface area contributed by atoms with Crippen LogP contribution in [0, 0.1) is 0 Å². The maximum atomic E-state index is 13.2. The predicted molar refractivity (Wildman–Crippen MR) is 148 cm³/mol. The van der Waals surface area contributed by atoms with Crippen LogP contribution >= 0.6 is 0 Å². The van der Waals surface area contributed by atoms with Gasteiger partial charge in [0.05, 0.1) is 22.2 Å². The summed E-state index contributed by atoms with van der Waals surface area (Å²) < 4.78 is 0.972. The highest BCUT2D eigenvalue weighted by Crippen LogP contribution is 2.18. The smallest absolute Gasteiger partial charge is 0.326 e. The Labute approximate surface area is 219 Å². The third kappa shape index (κ3) is 5.57. The number of anilines is 2. The average Bonchev–Trinajstić information content (AvgIpc) is 3.44. The highest BCUT2D eigenvalue weighted by molar-refractivity contribution is 6.07. The molecule has 0 saturated carbocycles. The minimum Gasteiger partial charge on any atom is -0.326 e. The first-order valence-corrected chi connectivity index (χ1v) is 12.8. The van der Waals surface area contributed by atoms with Gasteiger partial charge in [0.2, 0.25) is 5.91 Å². The number of para-hydroxylation sites is 2. The first-order chi connectivity index (χ1) is 18.5. The second kappa shape index (κ2) is 11.3. The van der Waals surface area contributed by atoms with Crippen molar-refractivity contribution in [2.24, 2.45) is 0 Å². The van der Waals surface area contributed by atoms with Gasteiger partial charge in [0.1, 0.15) is 0 Å². The number of benzene rings is 3. The van der Waals surface area contributed by atoms with Crippen molar-refractivity contribution in [3.8, 4) is 5.69 Å². The molecule has 0 unspecified atom stereocenters. The first kappa shape index (κ1) is 25.2. The Balaban J connectivity index is 1.27. The van der Waals surface area contributed by atoms with Gasteiger partial charge >= 0.3 is 5.69 Å². The number of carbonyl (C=O) groups is 2. The van der Waals surface area contributed by atoms with Gasteiger partial charge in [-0.2, -0.15) is 0 Å². The standard InChI is InChI=1S/C29H29N5O4/c35-26(12-7-19-33-17-5-6-18-33)30-20-13-15-21(16-14-20)31-27(36)23-9-2-4-11-25(23)34-28(37)22-8-1-3-10-24(22)32-29(34)38/h1-4,8-11,13-16H,5-7,12,17-19H2,(H,30,35)(H,31,36)(H,32,38). The van der Waals surface area contributed by atoms with Gasteiger partial charge in [-0.05, 0) is 87.4 Å². The van der Waals surface area contributed by atoms with Crippen molar-refractivity contribution in [3.05, 3.63) is 99.2 Å². The van der Waals surface area contributed by atoms with E-state index in [1.165, 1.54) is 12.8 Å². The van der Waals surface area contributed by atoms with Crippen LogP contribution in [0.5, 0.6) is 0 Å². The van der Waals surface area contributed by atoms with Crippen LogP contribution in [0.2, 0.25) is 0 Å². The molecule has 3 N–H and O–H groups in total. The Morgan fingerprint density at radius 1 is 0.816 bits per heavy atom. The number of nitrogens with zero attached hydrogens (tertiary/aromatic N) is 2. The van der Waals surface area contributed by atoms with E-state index in [0.29, 0.717) is 28.7 Å². The summed E-state index contributed by atoms with van der Waals surface area (Å²) in [5, 5.41) is 6.04. The zero-order valence-corrected chi connectivity index (χ0v) is 20.9. The van der Waals surface area contributed by atoms with E-state index in [1.54, 1.807) is 72.8 Å². The van der Waals surface area contributed by atoms with Crippen molar-refractivity contribution in [2.45, 2.75) is 25.7 Å². The average molecular weight is 512 g/mol. The third-order valence-electron chi connectivity index (χ3n) is 6.70. The largest absolute Gasteiger partial charge is 0.333 e. The Bertz CT molecular complexity index is 1580. The van der Waals surface area contributed by atoms with Crippen molar-refractivity contribution in [1.29, 1.82) is 0 Å². The van der Waals surface area contributed by atoms with Crippen LogP contribution in [0.3, 0.4) is 0 Å². The molecule has 5 rings (SSSR count). The van der Waals surface area contributed by atoms with Crippen LogP contribution in [0.1, 0.15) is 36.0 Å². The van der Waals surface area contributed by atoms with Crippen molar-refractivity contribution < 1.29 is 9.59 Å². The highest BCUT2D eigenvalue weighted by Gasteiger charge is 2.17. The minimum absolute atomic E-state index is 0.0408. The fourth-order valence-corrected chi connectivity index (χ4v) is 4.77. The summed E-state index contributed by atoms with van der Waals surface area (Å²) >= 11 is 0. The van der Waals surface area contributed by atoms with E-state index in [4.69, 9.17) is 0 Å². The van der Waals surface area contributed by atoms with Crippen molar-refractivity contribution in [1.82, 2.24) is 14.5 Å². The molecule has 0 atom stereocenters. The lowest BCUT2D eigenvalue weighted by molar-refractivity contribution is -0.116. The quantitative estimate of drug-likeness (QED) is 0.333. The van der Waals surface area contributed by atoms with Gasteiger partial charge in [0.15, 0.2) is 0 Å². The van der Waals surface area contributed by atoms with Gasteiger partial charge in [-0.15, -0.1) is 0 Å². The zero-order chi connectivity index (χ0) is 26.5. The van der Waals surface area contributed by atoms with Gasteiger partial charge in [-0.25, -0.2) is 9.36 Å². The Hall–Kier alpha value is -4.50. The molecule has 0 radical (unpaired) electrons. The molecule has 2 heterocycles. The molecule has 2 amide bonds. The monoisotopic (exact) mass is 511 g/mol. The molecule has 194 valence electrons. The van der Waals surface area contributed by atoms with Gasteiger partial charge in [-0.3, -0.25) is 14.4 Å². The van der Waals surface area contributed by atoms with Crippen LogP contribution in [-0.2, 0) is 4.79 Å². The summed E-state index contributed by atoms with van der Waals surface area (Å²) in [6.45, 7) is 3.18. The molecule has 4 aromatic rings. The second-order valence-electron chi connectivity index (χ2n) is 9.37. The summed E-state index contributed by atoms with van der Waals surface area (Å²) in [5.41, 5.74) is 0.796. The maximum Gasteiger partial charge on any atom is 0.333 e. The van der Waals surface area contributed by atoms with Crippen LogP contribution in [0.25, 0.3) is 16.6 Å². The molecule has 0 spiro atoms. The molecule has 38 heavy (non-hydrogen) atoms. The zero-order valence-electron chi connectivity index (χ0n) is 20.9. The number of carbonyl (C=O) groups excluding carboxylic acids is 2. The second-order valence-corrected chi connectivity index (χ2v) is 9.37. The summed E-state index contributed by atoms with van der Waals surface area (Å²) in [6.07, 6.45) is 3.75. The van der Waals surface area contributed by atoms with Crippen LogP contribution < -0.4 is 21.9 Å². The molecule has 1 aliphatic heterocycles. The van der Waals surface area contributed by atoms with E-state index in [2.05, 4.69) is 20.5 Å². The number of hydrogen-bond donors (Lipinski definition) is 3. The molecule has 3 aromatic carbocycles. The Morgan fingerprint density at radius 3 is 2.24 bits per heavy atom. The molecule has 1 aromatic heterocycles. The summed E-state index contributed by atoms with van der Waals surface area (Å²) in [7, 11) is 0. The van der Waals surface area contributed by atoms with E-state index in [-0.39, 0.29) is 17.2 Å². The molecule has 1 fully saturated rings. The minimum atomic E-state index is -0.630. The van der Waals surface area contributed by atoms with E-state index >= 15 is 0 Å². The normalized spacial score (nSPS) is 13.5. The highest BCUT2D eigenvalue weighted by atomic mass is 16.2. The number of amides is 2. The SMILES string of the molecule is O=C(CCCN1CCCC1)Nc1ccc(NC(=O)c2ccccc2-n2c(=O)[nH]c3ccccc3c2=O)cc1. The van der Waals surface area contributed by atoms with Gasteiger partial charge in [0, 0.05) is 17.8 Å². The van der Waals surface area contributed by atoms with E-state index in [9.17, 15) is 19.2 Å². The fourth-order valence-electron chi connectivity index (χ4n) is 4.77. The van der Waals surface area contributed by atoms with Gasteiger partial charge in [-0.1, -0.05) is 24.3 Å². The maximum absolute atomic E-state index is 13.2. The number of hydrogen-bond acceptors (Lipinski definition) is 5. The number of rotatable bonds is 8. The molecule has 0 aliphatic carbocycles. The van der Waals surface area contributed by atoms with Crippen molar-refractivity contribution >= 4 is 34.1 Å². The molecule has 9 heteroatoms. The molecule has 0 bridgehead atoms. The number of aromatic nitrogens is 2. The van der Waals surface area contributed by atoms with Crippen LogP contribution in [-0.4, -0.2) is 45.9 Å². The van der Waals surface area contributed by atoms with E-state index in [1.807, 2.05) is 0 Å². The predicted octanol–water partition coefficient (Wildman–Crippen LogP) is 3.75. The summed E-state index contributed by atoms with van der Waals surface area (Å²) in [6, 6.07) is 20.0.